The van der Waals surface area contributed by atoms with Crippen LogP contribution in [0.2, 0.25) is 5.15 Å². The number of hydrogen-bond donors (Lipinski definition) is 0. The van der Waals surface area contributed by atoms with E-state index in [9.17, 15) is 0 Å². The Morgan fingerprint density at radius 1 is 1.39 bits per heavy atom. The van der Waals surface area contributed by atoms with E-state index in [1.807, 2.05) is 6.92 Å². The average Bonchev–Trinajstić information content (AvgIpc) is 3.16. The molecule has 0 spiro atoms. The van der Waals surface area contributed by atoms with E-state index in [0.29, 0.717) is 11.2 Å². The van der Waals surface area contributed by atoms with E-state index in [4.69, 9.17) is 11.6 Å². The van der Waals surface area contributed by atoms with E-state index in [-0.39, 0.29) is 0 Å². The van der Waals surface area contributed by atoms with E-state index in [2.05, 4.69) is 35.8 Å². The normalized spacial score (nSPS) is 16.7. The quantitative estimate of drug-likeness (QED) is 0.763. The lowest BCUT2D eigenvalue weighted by atomic mass is 10.2. The van der Waals surface area contributed by atoms with E-state index in [1.54, 1.807) is 0 Å². The first-order valence-corrected chi connectivity index (χ1v) is 7.18. The van der Waals surface area contributed by atoms with Gasteiger partial charge >= 0.3 is 0 Å². The van der Waals surface area contributed by atoms with Crippen molar-refractivity contribution in [3.8, 4) is 0 Å². The Balaban J connectivity index is 2.29. The summed E-state index contributed by atoms with van der Waals surface area (Å²) < 4.78 is 0. The largest absolute Gasteiger partial charge is 0.356 e. The number of rotatable bonds is 5. The fraction of sp³-hybridized carbons (Fsp3) is 0.714. The molecule has 0 radical (unpaired) electrons. The summed E-state index contributed by atoms with van der Waals surface area (Å²) >= 11 is 6.22. The van der Waals surface area contributed by atoms with Crippen molar-refractivity contribution in [2.75, 3.05) is 11.9 Å². The van der Waals surface area contributed by atoms with Crippen LogP contribution in [-0.2, 0) is 6.42 Å². The lowest BCUT2D eigenvalue weighted by molar-refractivity contribution is 0.600. The molecule has 0 N–H and O–H groups in total. The molecule has 1 aliphatic rings. The van der Waals surface area contributed by atoms with E-state index in [1.165, 1.54) is 12.8 Å². The predicted molar refractivity (Wildman–Crippen MR) is 76.4 cm³/mol. The molecule has 1 aromatic heterocycles. The molecule has 4 heteroatoms. The Bertz CT molecular complexity index is 429. The van der Waals surface area contributed by atoms with E-state index in [0.717, 1.165) is 36.0 Å². The van der Waals surface area contributed by atoms with E-state index < -0.39 is 0 Å². The van der Waals surface area contributed by atoms with Gasteiger partial charge < -0.3 is 4.90 Å². The van der Waals surface area contributed by atoms with Gasteiger partial charge in [-0.05, 0) is 39.0 Å². The Kier molecular flexibility index (Phi) is 4.10. The van der Waals surface area contributed by atoms with Crippen LogP contribution >= 0.6 is 11.6 Å². The number of halogens is 1. The molecule has 0 saturated heterocycles. The maximum Gasteiger partial charge on any atom is 0.137 e. The van der Waals surface area contributed by atoms with Crippen molar-refractivity contribution in [2.24, 2.45) is 5.92 Å². The average molecular weight is 268 g/mol. The van der Waals surface area contributed by atoms with Crippen molar-refractivity contribution in [1.29, 1.82) is 0 Å². The highest BCUT2D eigenvalue weighted by Gasteiger charge is 2.31. The molecule has 1 unspecified atom stereocenters. The van der Waals surface area contributed by atoms with Crippen LogP contribution in [0.25, 0.3) is 0 Å². The van der Waals surface area contributed by atoms with Crippen molar-refractivity contribution in [2.45, 2.75) is 52.5 Å². The molecule has 0 aliphatic heterocycles. The second kappa shape index (κ2) is 5.43. The summed E-state index contributed by atoms with van der Waals surface area (Å²) in [5.74, 6) is 2.67. The topological polar surface area (TPSA) is 29.0 Å². The van der Waals surface area contributed by atoms with Gasteiger partial charge in [0.25, 0.3) is 0 Å². The first kappa shape index (κ1) is 13.6. The van der Waals surface area contributed by atoms with Gasteiger partial charge in [0.15, 0.2) is 0 Å². The highest BCUT2D eigenvalue weighted by atomic mass is 35.5. The monoisotopic (exact) mass is 267 g/mol. The summed E-state index contributed by atoms with van der Waals surface area (Å²) in [5, 5.41) is 0.596. The second-order valence-corrected chi connectivity index (χ2v) is 5.68. The highest BCUT2D eigenvalue weighted by molar-refractivity contribution is 6.30. The van der Waals surface area contributed by atoms with Gasteiger partial charge in [0.05, 0.1) is 0 Å². The molecule has 0 amide bonds. The summed E-state index contributed by atoms with van der Waals surface area (Å²) in [6.07, 6.45) is 4.61. The molecule has 0 aromatic carbocycles. The zero-order valence-electron chi connectivity index (χ0n) is 11.7. The Morgan fingerprint density at radius 3 is 2.61 bits per heavy atom. The Labute approximate surface area is 115 Å². The van der Waals surface area contributed by atoms with Gasteiger partial charge in [-0.25, -0.2) is 9.97 Å². The predicted octanol–water partition coefficient (Wildman–Crippen LogP) is 3.63. The standard InChI is InChI=1S/C14H22ClN3/c1-5-6-12-16-13(15)9(2)14(17-12)18(4)10(3)11-7-8-11/h10-11H,5-8H2,1-4H3. The van der Waals surface area contributed by atoms with Crippen LogP contribution in [0.3, 0.4) is 0 Å². The molecule has 1 fully saturated rings. The minimum atomic E-state index is 0.532. The van der Waals surface area contributed by atoms with Crippen molar-refractivity contribution >= 4 is 17.4 Å². The SMILES string of the molecule is CCCc1nc(Cl)c(C)c(N(C)C(C)C2CC2)n1. The molecule has 1 atom stereocenters. The van der Waals surface area contributed by atoms with Gasteiger partial charge in [0.1, 0.15) is 16.8 Å². The fourth-order valence-corrected chi connectivity index (χ4v) is 2.47. The van der Waals surface area contributed by atoms with E-state index >= 15 is 0 Å². The molecule has 1 aromatic rings. The summed E-state index contributed by atoms with van der Waals surface area (Å²) in [5.41, 5.74) is 0.992. The molecule has 0 bridgehead atoms. The number of aromatic nitrogens is 2. The number of aryl methyl sites for hydroxylation is 1. The number of hydrogen-bond acceptors (Lipinski definition) is 3. The van der Waals surface area contributed by atoms with Crippen molar-refractivity contribution in [1.82, 2.24) is 9.97 Å². The third-order valence-electron chi connectivity index (χ3n) is 3.83. The molecule has 1 heterocycles. The van der Waals surface area contributed by atoms with Crippen LogP contribution in [0.1, 0.15) is 44.5 Å². The van der Waals surface area contributed by atoms with Gasteiger partial charge in [-0.2, -0.15) is 0 Å². The maximum absolute atomic E-state index is 6.22. The van der Waals surface area contributed by atoms with Crippen LogP contribution in [0.4, 0.5) is 5.82 Å². The minimum Gasteiger partial charge on any atom is -0.356 e. The first-order chi connectivity index (χ1) is 8.54. The van der Waals surface area contributed by atoms with Gasteiger partial charge in [-0.15, -0.1) is 0 Å². The molecule has 1 aliphatic carbocycles. The highest BCUT2D eigenvalue weighted by Crippen LogP contribution is 2.37. The van der Waals surface area contributed by atoms with Gasteiger partial charge in [-0.3, -0.25) is 0 Å². The first-order valence-electron chi connectivity index (χ1n) is 6.80. The van der Waals surface area contributed by atoms with Crippen LogP contribution in [0, 0.1) is 12.8 Å². The molecule has 3 nitrogen and oxygen atoms in total. The van der Waals surface area contributed by atoms with Crippen molar-refractivity contribution in [3.05, 3.63) is 16.5 Å². The number of anilines is 1. The molecule has 1 saturated carbocycles. The summed E-state index contributed by atoms with van der Waals surface area (Å²) in [7, 11) is 2.12. The molecular weight excluding hydrogens is 246 g/mol. The zero-order chi connectivity index (χ0) is 13.3. The van der Waals surface area contributed by atoms with Crippen LogP contribution in [0.5, 0.6) is 0 Å². The smallest absolute Gasteiger partial charge is 0.137 e. The molecule has 18 heavy (non-hydrogen) atoms. The molecular formula is C14H22ClN3. The lowest BCUT2D eigenvalue weighted by Gasteiger charge is -2.27. The van der Waals surface area contributed by atoms with Gasteiger partial charge in [0, 0.05) is 25.1 Å². The molecule has 100 valence electrons. The minimum absolute atomic E-state index is 0.532. The summed E-state index contributed by atoms with van der Waals surface area (Å²) in [6.45, 7) is 6.41. The molecule has 2 rings (SSSR count). The Morgan fingerprint density at radius 2 is 2.06 bits per heavy atom. The van der Waals surface area contributed by atoms with Crippen LogP contribution in [-0.4, -0.2) is 23.1 Å². The van der Waals surface area contributed by atoms with Crippen LogP contribution in [0.15, 0.2) is 0 Å². The second-order valence-electron chi connectivity index (χ2n) is 5.32. The summed E-state index contributed by atoms with van der Waals surface area (Å²) in [4.78, 5) is 11.3. The number of nitrogens with zero attached hydrogens (tertiary/aromatic N) is 3. The van der Waals surface area contributed by atoms with Crippen molar-refractivity contribution < 1.29 is 0 Å². The van der Waals surface area contributed by atoms with Crippen LogP contribution < -0.4 is 4.90 Å². The maximum atomic E-state index is 6.22. The van der Waals surface area contributed by atoms with Gasteiger partial charge in [-0.1, -0.05) is 18.5 Å². The third-order valence-corrected chi connectivity index (χ3v) is 4.20. The summed E-state index contributed by atoms with van der Waals surface area (Å²) in [6, 6.07) is 0.532. The fourth-order valence-electron chi connectivity index (χ4n) is 2.29. The zero-order valence-corrected chi connectivity index (χ0v) is 12.5. The van der Waals surface area contributed by atoms with Gasteiger partial charge in [0.2, 0.25) is 0 Å². The lowest BCUT2D eigenvalue weighted by Crippen LogP contribution is -2.32. The van der Waals surface area contributed by atoms with Crippen molar-refractivity contribution in [3.63, 3.8) is 0 Å². The third kappa shape index (κ3) is 2.77. The Hall–Kier alpha value is -0.830.